The van der Waals surface area contributed by atoms with Crippen molar-refractivity contribution in [2.24, 2.45) is 5.41 Å². The summed E-state index contributed by atoms with van der Waals surface area (Å²) in [4.78, 5) is 4.27. The van der Waals surface area contributed by atoms with Crippen molar-refractivity contribution in [3.8, 4) is 6.07 Å². The lowest BCUT2D eigenvalue weighted by molar-refractivity contribution is 0.556. The van der Waals surface area contributed by atoms with Gasteiger partial charge in [-0.3, -0.25) is 0 Å². The van der Waals surface area contributed by atoms with Crippen LogP contribution in [0.5, 0.6) is 0 Å². The smallest absolute Gasteiger partial charge is 0.192 e. The standard InChI is InChI=1S/C14H14N2O/c1-9-16-11-5-4-10(6-12(11)17-9)14(8-15)7-13(14,2)3/h4-6H,7H2,1-3H3. The highest BCUT2D eigenvalue weighted by atomic mass is 16.3. The molecule has 1 fully saturated rings. The molecule has 3 heteroatoms. The quantitative estimate of drug-likeness (QED) is 0.749. The second-order valence-electron chi connectivity index (χ2n) is 5.49. The number of benzene rings is 1. The fourth-order valence-electron chi connectivity index (χ4n) is 2.67. The molecule has 1 aliphatic rings. The van der Waals surface area contributed by atoms with Crippen LogP contribution in [0.3, 0.4) is 0 Å². The number of oxazole rings is 1. The van der Waals surface area contributed by atoms with Crippen molar-refractivity contribution in [1.82, 2.24) is 4.98 Å². The minimum Gasteiger partial charge on any atom is -0.441 e. The number of nitriles is 1. The van der Waals surface area contributed by atoms with E-state index < -0.39 is 0 Å². The summed E-state index contributed by atoms with van der Waals surface area (Å²) in [5.74, 6) is 0.665. The van der Waals surface area contributed by atoms with Crippen LogP contribution in [-0.4, -0.2) is 4.98 Å². The maximum atomic E-state index is 9.43. The van der Waals surface area contributed by atoms with E-state index >= 15 is 0 Å². The zero-order chi connectivity index (χ0) is 12.3. The van der Waals surface area contributed by atoms with Gasteiger partial charge in [-0.1, -0.05) is 19.9 Å². The molecule has 3 rings (SSSR count). The van der Waals surface area contributed by atoms with Crippen LogP contribution in [-0.2, 0) is 5.41 Å². The Morgan fingerprint density at radius 3 is 2.71 bits per heavy atom. The Labute approximate surface area is 100 Å². The minimum atomic E-state index is -0.345. The SMILES string of the molecule is Cc1nc2ccc(C3(C#N)CC3(C)C)cc2o1. The molecule has 1 aromatic heterocycles. The van der Waals surface area contributed by atoms with E-state index in [-0.39, 0.29) is 10.8 Å². The van der Waals surface area contributed by atoms with E-state index in [2.05, 4.69) is 24.9 Å². The molecule has 0 spiro atoms. The first-order valence-corrected chi connectivity index (χ1v) is 5.77. The molecule has 1 heterocycles. The summed E-state index contributed by atoms with van der Waals surface area (Å²) in [6.45, 7) is 6.10. The van der Waals surface area contributed by atoms with E-state index in [0.29, 0.717) is 5.89 Å². The molecule has 0 saturated heterocycles. The summed E-state index contributed by atoms with van der Waals surface area (Å²) in [6.07, 6.45) is 0.912. The van der Waals surface area contributed by atoms with Crippen LogP contribution in [0.2, 0.25) is 0 Å². The zero-order valence-electron chi connectivity index (χ0n) is 10.2. The van der Waals surface area contributed by atoms with Gasteiger partial charge in [-0.05, 0) is 29.5 Å². The Kier molecular flexibility index (Phi) is 1.76. The second kappa shape index (κ2) is 2.89. The van der Waals surface area contributed by atoms with Crippen molar-refractivity contribution < 1.29 is 4.42 Å². The summed E-state index contributed by atoms with van der Waals surface area (Å²) in [6, 6.07) is 8.38. The summed E-state index contributed by atoms with van der Waals surface area (Å²) >= 11 is 0. The fourth-order valence-corrected chi connectivity index (χ4v) is 2.67. The first-order valence-electron chi connectivity index (χ1n) is 5.77. The van der Waals surface area contributed by atoms with Crippen molar-refractivity contribution in [2.45, 2.75) is 32.6 Å². The number of aromatic nitrogens is 1. The first kappa shape index (κ1) is 10.3. The highest BCUT2D eigenvalue weighted by molar-refractivity contribution is 5.74. The summed E-state index contributed by atoms with van der Waals surface area (Å²) in [5.41, 5.74) is 2.40. The molecule has 1 unspecified atom stereocenters. The van der Waals surface area contributed by atoms with E-state index in [0.717, 1.165) is 23.1 Å². The highest BCUT2D eigenvalue weighted by Gasteiger charge is 2.63. The van der Waals surface area contributed by atoms with Crippen LogP contribution in [0.25, 0.3) is 11.1 Å². The minimum absolute atomic E-state index is 0.0600. The van der Waals surface area contributed by atoms with E-state index in [1.54, 1.807) is 0 Å². The molecule has 17 heavy (non-hydrogen) atoms. The number of hydrogen-bond acceptors (Lipinski definition) is 3. The van der Waals surface area contributed by atoms with Crippen LogP contribution in [0.4, 0.5) is 0 Å². The van der Waals surface area contributed by atoms with Gasteiger partial charge in [0.15, 0.2) is 11.5 Å². The zero-order valence-corrected chi connectivity index (χ0v) is 10.2. The van der Waals surface area contributed by atoms with Crippen LogP contribution in [0, 0.1) is 23.7 Å². The van der Waals surface area contributed by atoms with E-state index in [1.807, 2.05) is 25.1 Å². The fraction of sp³-hybridized carbons (Fsp3) is 0.429. The molecule has 0 amide bonds. The van der Waals surface area contributed by atoms with E-state index in [9.17, 15) is 5.26 Å². The average Bonchev–Trinajstić information content (AvgIpc) is 2.65. The molecule has 0 radical (unpaired) electrons. The highest BCUT2D eigenvalue weighted by Crippen LogP contribution is 2.64. The van der Waals surface area contributed by atoms with Crippen molar-refractivity contribution >= 4 is 11.1 Å². The van der Waals surface area contributed by atoms with Gasteiger partial charge < -0.3 is 4.42 Å². The third-order valence-electron chi connectivity index (χ3n) is 3.92. The van der Waals surface area contributed by atoms with Gasteiger partial charge in [0.2, 0.25) is 0 Å². The van der Waals surface area contributed by atoms with Crippen molar-refractivity contribution in [3.05, 3.63) is 29.7 Å². The summed E-state index contributed by atoms with van der Waals surface area (Å²) in [7, 11) is 0. The van der Waals surface area contributed by atoms with Gasteiger partial charge in [0.05, 0.1) is 11.5 Å². The molecule has 3 nitrogen and oxygen atoms in total. The molecule has 86 valence electrons. The predicted octanol–water partition coefficient (Wildman–Crippen LogP) is 3.33. The molecule has 1 aliphatic carbocycles. The molecule has 1 aromatic carbocycles. The van der Waals surface area contributed by atoms with Crippen LogP contribution < -0.4 is 0 Å². The lowest BCUT2D eigenvalue weighted by Gasteiger charge is -2.11. The number of rotatable bonds is 1. The van der Waals surface area contributed by atoms with E-state index in [4.69, 9.17) is 4.42 Å². The van der Waals surface area contributed by atoms with Gasteiger partial charge in [-0.15, -0.1) is 0 Å². The van der Waals surface area contributed by atoms with Crippen LogP contribution >= 0.6 is 0 Å². The van der Waals surface area contributed by atoms with Gasteiger partial charge in [-0.25, -0.2) is 4.98 Å². The normalized spacial score (nSPS) is 25.8. The van der Waals surface area contributed by atoms with Crippen LogP contribution in [0.1, 0.15) is 31.7 Å². The van der Waals surface area contributed by atoms with Crippen LogP contribution in [0.15, 0.2) is 22.6 Å². The van der Waals surface area contributed by atoms with Crippen molar-refractivity contribution in [1.29, 1.82) is 5.26 Å². The number of aryl methyl sites for hydroxylation is 1. The molecule has 1 atom stereocenters. The van der Waals surface area contributed by atoms with E-state index in [1.165, 1.54) is 0 Å². The molecular formula is C14H14N2O. The molecule has 1 saturated carbocycles. The third-order valence-corrected chi connectivity index (χ3v) is 3.92. The molecule has 0 N–H and O–H groups in total. The molecule has 0 aliphatic heterocycles. The maximum absolute atomic E-state index is 9.43. The van der Waals surface area contributed by atoms with Gasteiger partial charge in [0.25, 0.3) is 0 Å². The largest absolute Gasteiger partial charge is 0.441 e. The first-order chi connectivity index (χ1) is 7.98. The molecular weight excluding hydrogens is 212 g/mol. The Bertz CT molecular complexity index is 648. The lowest BCUT2D eigenvalue weighted by atomic mass is 9.89. The van der Waals surface area contributed by atoms with Gasteiger partial charge in [0, 0.05) is 6.92 Å². The van der Waals surface area contributed by atoms with Gasteiger partial charge >= 0.3 is 0 Å². The Balaban J connectivity index is 2.17. The summed E-state index contributed by atoms with van der Waals surface area (Å²) in [5, 5.41) is 9.43. The average molecular weight is 226 g/mol. The second-order valence-corrected chi connectivity index (χ2v) is 5.49. The monoisotopic (exact) mass is 226 g/mol. The predicted molar refractivity (Wildman–Crippen MR) is 64.4 cm³/mol. The van der Waals surface area contributed by atoms with Crippen molar-refractivity contribution in [3.63, 3.8) is 0 Å². The van der Waals surface area contributed by atoms with Gasteiger partial charge in [-0.2, -0.15) is 5.26 Å². The number of fused-ring (bicyclic) bond motifs is 1. The lowest BCUT2D eigenvalue weighted by Crippen LogP contribution is -2.11. The number of nitrogens with zero attached hydrogens (tertiary/aromatic N) is 2. The topological polar surface area (TPSA) is 49.8 Å². The number of hydrogen-bond donors (Lipinski definition) is 0. The Morgan fingerprint density at radius 1 is 1.41 bits per heavy atom. The molecule has 0 bridgehead atoms. The summed E-state index contributed by atoms with van der Waals surface area (Å²) < 4.78 is 5.52. The van der Waals surface area contributed by atoms with Crippen molar-refractivity contribution in [2.75, 3.05) is 0 Å². The third kappa shape index (κ3) is 1.24. The maximum Gasteiger partial charge on any atom is 0.192 e. The Hall–Kier alpha value is -1.82. The Morgan fingerprint density at radius 2 is 2.12 bits per heavy atom. The van der Waals surface area contributed by atoms with Gasteiger partial charge in [0.1, 0.15) is 5.52 Å². The molecule has 2 aromatic rings.